The molecule has 3 aromatic heterocycles. The van der Waals surface area contributed by atoms with Crippen LogP contribution in [0.5, 0.6) is 0 Å². The Hall–Kier alpha value is -2.25. The number of anilines is 1. The Balaban J connectivity index is 1.44. The number of aromatic nitrogens is 4. The maximum atomic E-state index is 4.43. The minimum absolute atomic E-state index is 0.670. The predicted molar refractivity (Wildman–Crippen MR) is 94.6 cm³/mol. The van der Waals surface area contributed by atoms with Gasteiger partial charge in [0.2, 0.25) is 0 Å². The first-order valence-corrected chi connectivity index (χ1v) is 9.06. The molecule has 6 nitrogen and oxygen atoms in total. The molecule has 7 heteroatoms. The van der Waals surface area contributed by atoms with Crippen LogP contribution in [-0.2, 0) is 26.2 Å². The first kappa shape index (κ1) is 15.3. The van der Waals surface area contributed by atoms with Crippen LogP contribution in [0, 0.1) is 0 Å². The minimum atomic E-state index is 0.670. The predicted octanol–water partition coefficient (Wildman–Crippen LogP) is 2.75. The Morgan fingerprint density at radius 2 is 2.17 bits per heavy atom. The Kier molecular flexibility index (Phi) is 4.53. The van der Waals surface area contributed by atoms with E-state index in [2.05, 4.69) is 47.5 Å². The topological polar surface area (TPSA) is 58.9 Å². The Bertz CT molecular complexity index is 768. The number of nitrogens with zero attached hydrogens (tertiary/aromatic N) is 5. The monoisotopic (exact) mass is 340 g/mol. The van der Waals surface area contributed by atoms with Gasteiger partial charge in [-0.25, -0.2) is 0 Å². The molecule has 1 aliphatic rings. The third-order valence-electron chi connectivity index (χ3n) is 4.20. The van der Waals surface area contributed by atoms with Crippen molar-refractivity contribution in [3.05, 3.63) is 58.6 Å². The van der Waals surface area contributed by atoms with E-state index >= 15 is 0 Å². The Morgan fingerprint density at radius 1 is 1.17 bits per heavy atom. The highest BCUT2D eigenvalue weighted by Gasteiger charge is 2.19. The van der Waals surface area contributed by atoms with Gasteiger partial charge in [-0.3, -0.25) is 9.88 Å². The van der Waals surface area contributed by atoms with Crippen LogP contribution in [0.25, 0.3) is 0 Å². The van der Waals surface area contributed by atoms with Crippen molar-refractivity contribution in [3.63, 3.8) is 0 Å². The standard InChI is InChI=1S/C17H20N6S/c1-4-14(10-18-6-1)19-11-16-20-21-17-13-22(7-3-8-23(16)17)12-15-5-2-9-24-15/h1-2,4-6,9-10,19H,3,7-8,11-13H2. The van der Waals surface area contributed by atoms with Gasteiger partial charge in [-0.05, 0) is 30.0 Å². The maximum Gasteiger partial charge on any atom is 0.152 e. The minimum Gasteiger partial charge on any atom is -0.376 e. The lowest BCUT2D eigenvalue weighted by Crippen LogP contribution is -2.22. The molecule has 0 atom stereocenters. The summed E-state index contributed by atoms with van der Waals surface area (Å²) in [5, 5.41) is 14.3. The Labute approximate surface area is 145 Å². The van der Waals surface area contributed by atoms with Gasteiger partial charge >= 0.3 is 0 Å². The van der Waals surface area contributed by atoms with Crippen LogP contribution in [0.3, 0.4) is 0 Å². The molecule has 1 aliphatic heterocycles. The number of fused-ring (bicyclic) bond motifs is 1. The van der Waals surface area contributed by atoms with E-state index < -0.39 is 0 Å². The normalized spacial score (nSPS) is 15.0. The largest absolute Gasteiger partial charge is 0.376 e. The van der Waals surface area contributed by atoms with Crippen LogP contribution in [0.15, 0.2) is 42.0 Å². The number of hydrogen-bond donors (Lipinski definition) is 1. The van der Waals surface area contributed by atoms with E-state index in [1.54, 1.807) is 6.20 Å². The number of pyridine rings is 1. The van der Waals surface area contributed by atoms with Crippen LogP contribution in [0.2, 0.25) is 0 Å². The third kappa shape index (κ3) is 3.47. The van der Waals surface area contributed by atoms with E-state index in [0.717, 1.165) is 49.9 Å². The van der Waals surface area contributed by atoms with Gasteiger partial charge in [0.15, 0.2) is 5.82 Å². The van der Waals surface area contributed by atoms with Crippen LogP contribution < -0.4 is 5.32 Å². The van der Waals surface area contributed by atoms with Crippen molar-refractivity contribution in [3.8, 4) is 0 Å². The van der Waals surface area contributed by atoms with Crippen LogP contribution in [0.1, 0.15) is 22.9 Å². The first-order chi connectivity index (χ1) is 11.9. The van der Waals surface area contributed by atoms with Crippen LogP contribution in [0.4, 0.5) is 5.69 Å². The van der Waals surface area contributed by atoms with Gasteiger partial charge in [-0.15, -0.1) is 21.5 Å². The summed E-state index contributed by atoms with van der Waals surface area (Å²) in [6.07, 6.45) is 4.72. The smallest absolute Gasteiger partial charge is 0.152 e. The first-order valence-electron chi connectivity index (χ1n) is 8.18. The molecule has 4 heterocycles. The summed E-state index contributed by atoms with van der Waals surface area (Å²) in [5.74, 6) is 2.05. The van der Waals surface area contributed by atoms with Crippen molar-refractivity contribution in [1.29, 1.82) is 0 Å². The molecule has 0 spiro atoms. The zero-order valence-electron chi connectivity index (χ0n) is 13.4. The van der Waals surface area contributed by atoms with Crippen molar-refractivity contribution in [1.82, 2.24) is 24.6 Å². The van der Waals surface area contributed by atoms with Gasteiger partial charge in [-0.1, -0.05) is 6.07 Å². The summed E-state index contributed by atoms with van der Waals surface area (Å²) < 4.78 is 2.26. The summed E-state index contributed by atoms with van der Waals surface area (Å²) in [7, 11) is 0. The summed E-state index contributed by atoms with van der Waals surface area (Å²) in [6, 6.07) is 8.25. The molecule has 0 amide bonds. The van der Waals surface area contributed by atoms with Crippen molar-refractivity contribution >= 4 is 17.0 Å². The molecule has 3 aromatic rings. The second kappa shape index (κ2) is 7.11. The molecular formula is C17H20N6S. The zero-order chi connectivity index (χ0) is 16.2. The summed E-state index contributed by atoms with van der Waals surface area (Å²) in [4.78, 5) is 7.98. The van der Waals surface area contributed by atoms with Gasteiger partial charge in [0.25, 0.3) is 0 Å². The van der Waals surface area contributed by atoms with Crippen LogP contribution >= 0.6 is 11.3 Å². The molecule has 0 unspecified atom stereocenters. The van der Waals surface area contributed by atoms with Gasteiger partial charge in [-0.2, -0.15) is 0 Å². The second-order valence-electron chi connectivity index (χ2n) is 5.92. The van der Waals surface area contributed by atoms with Crippen molar-refractivity contribution < 1.29 is 0 Å². The molecular weight excluding hydrogens is 320 g/mol. The molecule has 0 fully saturated rings. The van der Waals surface area contributed by atoms with Gasteiger partial charge in [0, 0.05) is 36.9 Å². The number of thiophene rings is 1. The van der Waals surface area contributed by atoms with E-state index in [0.29, 0.717) is 6.54 Å². The van der Waals surface area contributed by atoms with Gasteiger partial charge in [0.1, 0.15) is 5.82 Å². The molecule has 1 N–H and O–H groups in total. The highest BCUT2D eigenvalue weighted by molar-refractivity contribution is 7.09. The number of hydrogen-bond acceptors (Lipinski definition) is 6. The number of rotatable bonds is 5. The summed E-state index contributed by atoms with van der Waals surface area (Å²) >= 11 is 1.82. The average Bonchev–Trinajstić information content (AvgIpc) is 3.20. The Morgan fingerprint density at radius 3 is 3.00 bits per heavy atom. The van der Waals surface area contributed by atoms with Crippen LogP contribution in [-0.4, -0.2) is 31.2 Å². The quantitative estimate of drug-likeness (QED) is 0.774. The fourth-order valence-electron chi connectivity index (χ4n) is 3.02. The lowest BCUT2D eigenvalue weighted by atomic mass is 10.3. The van der Waals surface area contributed by atoms with E-state index in [1.165, 1.54) is 4.88 Å². The molecule has 0 bridgehead atoms. The highest BCUT2D eigenvalue weighted by atomic mass is 32.1. The van der Waals surface area contributed by atoms with E-state index in [1.807, 2.05) is 29.7 Å². The molecule has 4 rings (SSSR count). The molecule has 0 saturated carbocycles. The lowest BCUT2D eigenvalue weighted by molar-refractivity contribution is 0.260. The van der Waals surface area contributed by atoms with Crippen molar-refractivity contribution in [2.45, 2.75) is 32.6 Å². The van der Waals surface area contributed by atoms with Gasteiger partial charge < -0.3 is 9.88 Å². The fraction of sp³-hybridized carbons (Fsp3) is 0.353. The zero-order valence-corrected chi connectivity index (χ0v) is 14.2. The average molecular weight is 340 g/mol. The maximum absolute atomic E-state index is 4.43. The number of nitrogens with one attached hydrogen (secondary N) is 1. The van der Waals surface area contributed by atoms with Gasteiger partial charge in [0.05, 0.1) is 18.8 Å². The molecule has 0 aliphatic carbocycles. The molecule has 0 aromatic carbocycles. The third-order valence-corrected chi connectivity index (χ3v) is 5.06. The molecule has 0 radical (unpaired) electrons. The van der Waals surface area contributed by atoms with Crippen molar-refractivity contribution in [2.75, 3.05) is 11.9 Å². The molecule has 0 saturated heterocycles. The highest BCUT2D eigenvalue weighted by Crippen LogP contribution is 2.18. The van der Waals surface area contributed by atoms with E-state index in [-0.39, 0.29) is 0 Å². The summed E-state index contributed by atoms with van der Waals surface area (Å²) in [5.41, 5.74) is 1.00. The summed E-state index contributed by atoms with van der Waals surface area (Å²) in [6.45, 7) is 4.60. The molecule has 24 heavy (non-hydrogen) atoms. The lowest BCUT2D eigenvalue weighted by Gasteiger charge is -2.17. The van der Waals surface area contributed by atoms with Crippen molar-refractivity contribution in [2.24, 2.45) is 0 Å². The fourth-order valence-corrected chi connectivity index (χ4v) is 3.76. The van der Waals surface area contributed by atoms with E-state index in [9.17, 15) is 0 Å². The molecule has 124 valence electrons. The SMILES string of the molecule is c1cncc(NCc2nnc3n2CCCN(Cc2cccs2)C3)c1. The second-order valence-corrected chi connectivity index (χ2v) is 6.96. The van der Waals surface area contributed by atoms with E-state index in [4.69, 9.17) is 0 Å².